The third-order valence-electron chi connectivity index (χ3n) is 1.73. The van der Waals surface area contributed by atoms with Crippen LogP contribution >= 0.6 is 23.2 Å². The zero-order valence-electron chi connectivity index (χ0n) is 6.98. The van der Waals surface area contributed by atoms with E-state index >= 15 is 0 Å². The molecule has 0 saturated carbocycles. The largest absolute Gasteiger partial charge is 0.492 e. The maximum atomic E-state index is 9.06. The molecule has 0 spiro atoms. The molecule has 0 aliphatic heterocycles. The van der Waals surface area contributed by atoms with E-state index in [-0.39, 0.29) is 5.88 Å². The third-order valence-corrected chi connectivity index (χ3v) is 2.27. The van der Waals surface area contributed by atoms with Gasteiger partial charge in [-0.15, -0.1) is 5.10 Å². The minimum atomic E-state index is -0.0454. The maximum Gasteiger partial charge on any atom is 0.230 e. The lowest BCUT2D eigenvalue weighted by Gasteiger charge is -2.03. The second kappa shape index (κ2) is 3.52. The average molecular weight is 229 g/mol. The van der Waals surface area contributed by atoms with Crippen LogP contribution in [-0.4, -0.2) is 14.9 Å². The van der Waals surface area contributed by atoms with Gasteiger partial charge in [-0.25, -0.2) is 4.68 Å². The molecule has 3 nitrogen and oxygen atoms in total. The van der Waals surface area contributed by atoms with Crippen LogP contribution in [0, 0.1) is 0 Å². The van der Waals surface area contributed by atoms with Crippen LogP contribution in [0.15, 0.2) is 30.5 Å². The summed E-state index contributed by atoms with van der Waals surface area (Å²) in [5.74, 6) is -0.0454. The van der Waals surface area contributed by atoms with E-state index in [1.807, 2.05) is 0 Å². The fourth-order valence-electron chi connectivity index (χ4n) is 1.12. The minimum absolute atomic E-state index is 0.0454. The monoisotopic (exact) mass is 228 g/mol. The smallest absolute Gasteiger partial charge is 0.230 e. The van der Waals surface area contributed by atoms with Crippen molar-refractivity contribution in [3.63, 3.8) is 0 Å². The van der Waals surface area contributed by atoms with E-state index in [2.05, 4.69) is 5.10 Å². The fraction of sp³-hybridized carbons (Fsp3) is 0. The highest BCUT2D eigenvalue weighted by atomic mass is 35.5. The molecule has 1 aromatic carbocycles. The number of rotatable bonds is 1. The highest BCUT2D eigenvalue weighted by Crippen LogP contribution is 2.24. The molecule has 2 aromatic rings. The van der Waals surface area contributed by atoms with E-state index in [9.17, 15) is 0 Å². The zero-order valence-corrected chi connectivity index (χ0v) is 8.50. The van der Waals surface area contributed by atoms with Crippen molar-refractivity contribution < 1.29 is 5.11 Å². The predicted molar refractivity (Wildman–Crippen MR) is 55.2 cm³/mol. The van der Waals surface area contributed by atoms with E-state index in [1.54, 1.807) is 24.4 Å². The Morgan fingerprint density at radius 1 is 1.21 bits per heavy atom. The van der Waals surface area contributed by atoms with Crippen LogP contribution in [0.4, 0.5) is 0 Å². The van der Waals surface area contributed by atoms with Gasteiger partial charge in [0.05, 0.1) is 10.7 Å². The molecule has 0 amide bonds. The molecule has 0 aliphatic carbocycles. The molecule has 2 rings (SSSR count). The summed E-state index contributed by atoms with van der Waals surface area (Å²) in [7, 11) is 0. The van der Waals surface area contributed by atoms with Gasteiger partial charge in [0.2, 0.25) is 5.88 Å². The molecule has 72 valence electrons. The first-order valence-corrected chi connectivity index (χ1v) is 4.62. The first kappa shape index (κ1) is 9.37. The van der Waals surface area contributed by atoms with Gasteiger partial charge in [0.15, 0.2) is 0 Å². The summed E-state index contributed by atoms with van der Waals surface area (Å²) in [6.45, 7) is 0. The van der Waals surface area contributed by atoms with Gasteiger partial charge in [-0.2, -0.15) is 0 Å². The fourth-order valence-corrected chi connectivity index (χ4v) is 1.61. The van der Waals surface area contributed by atoms with Crippen molar-refractivity contribution in [2.75, 3.05) is 0 Å². The Morgan fingerprint density at radius 2 is 2.00 bits per heavy atom. The second-order valence-corrected chi connectivity index (χ2v) is 3.56. The molecule has 0 unspecified atom stereocenters. The van der Waals surface area contributed by atoms with Gasteiger partial charge >= 0.3 is 0 Å². The van der Waals surface area contributed by atoms with E-state index in [0.29, 0.717) is 15.7 Å². The standard InChI is InChI=1S/C9H6Cl2N2O/c10-6-1-2-8(7(11)5-6)13-4-3-9(14)12-13/h1-5H,(H,12,14). The first-order valence-electron chi connectivity index (χ1n) is 3.87. The summed E-state index contributed by atoms with van der Waals surface area (Å²) in [4.78, 5) is 0. The Kier molecular flexibility index (Phi) is 2.35. The van der Waals surface area contributed by atoms with Crippen LogP contribution < -0.4 is 0 Å². The summed E-state index contributed by atoms with van der Waals surface area (Å²) in [6.07, 6.45) is 1.62. The van der Waals surface area contributed by atoms with Crippen LogP contribution in [0.5, 0.6) is 5.88 Å². The summed E-state index contributed by atoms with van der Waals surface area (Å²) >= 11 is 11.7. The number of aromatic nitrogens is 2. The maximum absolute atomic E-state index is 9.06. The lowest BCUT2D eigenvalue weighted by atomic mass is 10.3. The van der Waals surface area contributed by atoms with Crippen LogP contribution in [0.25, 0.3) is 5.69 Å². The number of hydrogen-bond acceptors (Lipinski definition) is 2. The molecular weight excluding hydrogens is 223 g/mol. The van der Waals surface area contributed by atoms with Gasteiger partial charge in [-0.3, -0.25) is 0 Å². The van der Waals surface area contributed by atoms with Gasteiger partial charge in [0.1, 0.15) is 0 Å². The molecule has 14 heavy (non-hydrogen) atoms. The number of nitrogens with zero attached hydrogens (tertiary/aromatic N) is 2. The molecule has 1 heterocycles. The van der Waals surface area contributed by atoms with Gasteiger partial charge in [-0.05, 0) is 18.2 Å². The molecule has 0 fully saturated rings. The van der Waals surface area contributed by atoms with Crippen LogP contribution in [-0.2, 0) is 0 Å². The second-order valence-electron chi connectivity index (χ2n) is 2.71. The van der Waals surface area contributed by atoms with Crippen molar-refractivity contribution in [2.24, 2.45) is 0 Å². The Morgan fingerprint density at radius 3 is 2.57 bits per heavy atom. The van der Waals surface area contributed by atoms with Crippen molar-refractivity contribution in [1.82, 2.24) is 9.78 Å². The zero-order chi connectivity index (χ0) is 10.1. The average Bonchev–Trinajstić information content (AvgIpc) is 2.51. The lowest BCUT2D eigenvalue weighted by Crippen LogP contribution is -1.94. The van der Waals surface area contributed by atoms with Crippen molar-refractivity contribution in [3.05, 3.63) is 40.5 Å². The summed E-state index contributed by atoms with van der Waals surface area (Å²) in [5, 5.41) is 13.9. The minimum Gasteiger partial charge on any atom is -0.492 e. The van der Waals surface area contributed by atoms with E-state index in [0.717, 1.165) is 0 Å². The number of halogens is 2. The topological polar surface area (TPSA) is 38.0 Å². The Balaban J connectivity index is 2.52. The van der Waals surface area contributed by atoms with Crippen molar-refractivity contribution >= 4 is 23.2 Å². The number of benzene rings is 1. The van der Waals surface area contributed by atoms with E-state index in [1.165, 1.54) is 10.7 Å². The predicted octanol–water partition coefficient (Wildman–Crippen LogP) is 2.88. The molecule has 0 radical (unpaired) electrons. The molecule has 0 atom stereocenters. The van der Waals surface area contributed by atoms with E-state index in [4.69, 9.17) is 28.3 Å². The third kappa shape index (κ3) is 1.69. The molecule has 0 bridgehead atoms. The summed E-state index contributed by atoms with van der Waals surface area (Å²) < 4.78 is 1.48. The molecular formula is C9H6Cl2N2O. The summed E-state index contributed by atoms with van der Waals surface area (Å²) in [5.41, 5.74) is 0.677. The van der Waals surface area contributed by atoms with Gasteiger partial charge in [0, 0.05) is 17.3 Å². The van der Waals surface area contributed by atoms with Gasteiger partial charge in [-0.1, -0.05) is 23.2 Å². The Hall–Kier alpha value is -1.19. The van der Waals surface area contributed by atoms with Crippen molar-refractivity contribution in [2.45, 2.75) is 0 Å². The molecule has 1 N–H and O–H groups in total. The molecule has 5 heteroatoms. The normalized spacial score (nSPS) is 10.4. The van der Waals surface area contributed by atoms with Crippen molar-refractivity contribution in [1.29, 1.82) is 0 Å². The van der Waals surface area contributed by atoms with Crippen LogP contribution in [0.1, 0.15) is 0 Å². The number of aromatic hydroxyl groups is 1. The molecule has 0 aliphatic rings. The molecule has 0 saturated heterocycles. The summed E-state index contributed by atoms with van der Waals surface area (Å²) in [6, 6.07) is 6.54. The van der Waals surface area contributed by atoms with E-state index < -0.39 is 0 Å². The quantitative estimate of drug-likeness (QED) is 0.816. The SMILES string of the molecule is Oc1ccn(-c2ccc(Cl)cc2Cl)n1. The Labute approximate surface area is 90.5 Å². The Bertz CT molecular complexity index is 468. The highest BCUT2D eigenvalue weighted by Gasteiger charge is 2.04. The van der Waals surface area contributed by atoms with Gasteiger partial charge < -0.3 is 5.11 Å². The highest BCUT2D eigenvalue weighted by molar-refractivity contribution is 6.35. The first-order chi connectivity index (χ1) is 6.66. The van der Waals surface area contributed by atoms with Crippen LogP contribution in [0.2, 0.25) is 10.0 Å². The number of hydrogen-bond donors (Lipinski definition) is 1. The van der Waals surface area contributed by atoms with Crippen LogP contribution in [0.3, 0.4) is 0 Å². The van der Waals surface area contributed by atoms with Crippen molar-refractivity contribution in [3.8, 4) is 11.6 Å². The lowest BCUT2D eigenvalue weighted by molar-refractivity contribution is 0.448. The molecule has 1 aromatic heterocycles. The van der Waals surface area contributed by atoms with Gasteiger partial charge in [0.25, 0.3) is 0 Å².